The monoisotopic (exact) mass is 770 g/mol. The molecule has 2 saturated heterocycles. The maximum atomic E-state index is 13.4. The van der Waals surface area contributed by atoms with Gasteiger partial charge >= 0.3 is 0 Å². The van der Waals surface area contributed by atoms with Crippen molar-refractivity contribution in [1.82, 2.24) is 30.8 Å². The van der Waals surface area contributed by atoms with E-state index >= 15 is 0 Å². The Bertz CT molecular complexity index is 1920. The van der Waals surface area contributed by atoms with Gasteiger partial charge in [-0.2, -0.15) is 5.26 Å². The van der Waals surface area contributed by atoms with Gasteiger partial charge in [0.1, 0.15) is 41.2 Å². The molecule has 1 aliphatic carbocycles. The lowest BCUT2D eigenvalue weighted by Gasteiger charge is -2.63. The molecule has 4 amide bonds. The molecule has 14 nitrogen and oxygen atoms in total. The molecule has 2 aliphatic heterocycles. The summed E-state index contributed by atoms with van der Waals surface area (Å²) in [7, 11) is 0. The van der Waals surface area contributed by atoms with Crippen molar-refractivity contribution in [2.75, 3.05) is 44.2 Å². The summed E-state index contributed by atoms with van der Waals surface area (Å²) in [5, 5.41) is 17.6. The molecule has 2 aromatic heterocycles. The maximum Gasteiger partial charge on any atom is 0.270 e. The Labute approximate surface area is 325 Å². The van der Waals surface area contributed by atoms with Crippen molar-refractivity contribution in [3.63, 3.8) is 0 Å². The van der Waals surface area contributed by atoms with Crippen molar-refractivity contribution in [3.8, 4) is 17.6 Å². The van der Waals surface area contributed by atoms with Gasteiger partial charge in [-0.25, -0.2) is 9.97 Å². The second kappa shape index (κ2) is 16.6. The zero-order valence-electron chi connectivity index (χ0n) is 31.6. The number of halogens is 1. The van der Waals surface area contributed by atoms with Crippen LogP contribution in [0.1, 0.15) is 79.8 Å². The first-order valence-corrected chi connectivity index (χ1v) is 19.0. The van der Waals surface area contributed by atoms with E-state index in [4.69, 9.17) is 21.1 Å². The second-order valence-electron chi connectivity index (χ2n) is 15.4. The SMILES string of the molecule is CC1(C)C(NC(=O)c2ccc(N3CCN(CCCCOc4ccc(C(=O)N[C@@H]5CCC(=O)NC5=O)nc4)CC3)nc2)C(C)(C)C1Oc1ccc(C#N)c(Cl)c1. The first-order valence-electron chi connectivity index (χ1n) is 18.6. The van der Waals surface area contributed by atoms with Gasteiger partial charge in [0, 0.05) is 61.7 Å². The number of carbonyl (C=O) groups is 4. The Hall–Kier alpha value is -5.26. The van der Waals surface area contributed by atoms with E-state index in [0.29, 0.717) is 34.3 Å². The fourth-order valence-electron chi connectivity index (χ4n) is 8.01. The van der Waals surface area contributed by atoms with Gasteiger partial charge < -0.3 is 25.0 Å². The van der Waals surface area contributed by atoms with E-state index in [1.807, 2.05) is 12.1 Å². The van der Waals surface area contributed by atoms with Crippen molar-refractivity contribution >= 4 is 41.0 Å². The number of unbranched alkanes of at least 4 members (excludes halogenated alkanes) is 1. The predicted molar refractivity (Wildman–Crippen MR) is 205 cm³/mol. The van der Waals surface area contributed by atoms with Crippen molar-refractivity contribution < 1.29 is 28.7 Å². The van der Waals surface area contributed by atoms with E-state index in [-0.39, 0.29) is 53.3 Å². The van der Waals surface area contributed by atoms with Crippen LogP contribution >= 0.6 is 11.6 Å². The number of nitrogens with zero attached hydrogens (tertiary/aromatic N) is 5. The quantitative estimate of drug-likeness (QED) is 0.168. The number of nitrogens with one attached hydrogen (secondary N) is 3. The van der Waals surface area contributed by atoms with Crippen LogP contribution in [0.4, 0.5) is 5.82 Å². The highest BCUT2D eigenvalue weighted by Gasteiger charge is 2.64. The minimum absolute atomic E-state index is 0.149. The third-order valence-corrected chi connectivity index (χ3v) is 11.1. The summed E-state index contributed by atoms with van der Waals surface area (Å²) in [5.74, 6) is 0.482. The van der Waals surface area contributed by atoms with Crippen LogP contribution in [0.15, 0.2) is 54.9 Å². The second-order valence-corrected chi connectivity index (χ2v) is 15.9. The van der Waals surface area contributed by atoms with Gasteiger partial charge in [0.15, 0.2) is 0 Å². The smallest absolute Gasteiger partial charge is 0.270 e. The average Bonchev–Trinajstić information content (AvgIpc) is 3.17. The molecule has 1 saturated carbocycles. The molecule has 15 heteroatoms. The molecule has 3 N–H and O–H groups in total. The van der Waals surface area contributed by atoms with Crippen LogP contribution in [0.5, 0.6) is 11.5 Å². The van der Waals surface area contributed by atoms with Crippen molar-refractivity contribution in [3.05, 3.63) is 76.7 Å². The van der Waals surface area contributed by atoms with E-state index < -0.39 is 17.9 Å². The number of amides is 4. The molecular formula is C40H47ClN8O6. The normalized spacial score (nSPS) is 21.7. The van der Waals surface area contributed by atoms with Crippen molar-refractivity contribution in [2.45, 2.75) is 71.6 Å². The Balaban J connectivity index is 0.884. The standard InChI is InChI=1S/C40H47ClN8O6/c1-39(2)37(40(3,4)38(39)55-27-9-7-25(22-42)29(41)21-27)47-34(51)26-8-13-32(44-23-26)49-18-16-48(17-19-49)15-5-6-20-54-28-10-11-30(43-24-28)35(52)45-31-12-14-33(50)46-36(31)53/h7-11,13,21,23-24,31,37-38H,5-6,12,14-20H2,1-4H3,(H,45,52)(H,47,51)(H,46,50,53)/t31-,37?,38?/m1/s1. The minimum atomic E-state index is -0.755. The number of piperidine rings is 1. The number of aromatic nitrogens is 2. The Morgan fingerprint density at radius 3 is 2.33 bits per heavy atom. The van der Waals surface area contributed by atoms with Gasteiger partial charge in [0.25, 0.3) is 11.8 Å². The Morgan fingerprint density at radius 1 is 0.945 bits per heavy atom. The highest BCUT2D eigenvalue weighted by Crippen LogP contribution is 2.55. The van der Waals surface area contributed by atoms with Gasteiger partial charge in [0.05, 0.1) is 29.0 Å². The summed E-state index contributed by atoms with van der Waals surface area (Å²) >= 11 is 6.23. The van der Waals surface area contributed by atoms with Crippen molar-refractivity contribution in [2.24, 2.45) is 10.8 Å². The molecule has 0 spiro atoms. The maximum absolute atomic E-state index is 13.4. The minimum Gasteiger partial charge on any atom is -0.492 e. The lowest BCUT2D eigenvalue weighted by Crippen LogP contribution is -2.74. The number of nitriles is 1. The highest BCUT2D eigenvalue weighted by molar-refractivity contribution is 6.31. The number of carbonyl (C=O) groups excluding carboxylic acids is 4. The molecule has 3 aliphatic rings. The fraction of sp³-hybridized carbons (Fsp3) is 0.475. The first-order chi connectivity index (χ1) is 26.3. The van der Waals surface area contributed by atoms with E-state index in [9.17, 15) is 24.4 Å². The summed E-state index contributed by atoms with van der Waals surface area (Å²) in [6.07, 6.45) is 5.21. The summed E-state index contributed by atoms with van der Waals surface area (Å²) in [5.41, 5.74) is 0.326. The third kappa shape index (κ3) is 9.01. The number of benzene rings is 1. The van der Waals surface area contributed by atoms with Crippen LogP contribution in [0.2, 0.25) is 5.02 Å². The van der Waals surface area contributed by atoms with Gasteiger partial charge in [-0.1, -0.05) is 39.3 Å². The van der Waals surface area contributed by atoms with Crippen LogP contribution < -0.4 is 30.3 Å². The molecule has 290 valence electrons. The molecule has 0 radical (unpaired) electrons. The van der Waals surface area contributed by atoms with E-state index in [1.54, 1.807) is 36.5 Å². The molecule has 0 bridgehead atoms. The number of anilines is 1. The molecule has 1 atom stereocenters. The molecule has 6 rings (SSSR count). The lowest BCUT2D eigenvalue weighted by molar-refractivity contribution is -0.164. The average molecular weight is 771 g/mol. The number of rotatable bonds is 13. The van der Waals surface area contributed by atoms with E-state index in [0.717, 1.165) is 51.4 Å². The van der Waals surface area contributed by atoms with Gasteiger partial charge in [-0.15, -0.1) is 0 Å². The Morgan fingerprint density at radius 2 is 1.69 bits per heavy atom. The number of imide groups is 1. The van der Waals surface area contributed by atoms with Crippen LogP contribution in [-0.2, 0) is 9.59 Å². The lowest BCUT2D eigenvalue weighted by atomic mass is 9.49. The number of ether oxygens (including phenoxy) is 2. The predicted octanol–water partition coefficient (Wildman–Crippen LogP) is 4.13. The van der Waals surface area contributed by atoms with E-state index in [1.165, 1.54) is 6.20 Å². The third-order valence-electron chi connectivity index (χ3n) is 10.8. The number of pyridine rings is 2. The van der Waals surface area contributed by atoms with Crippen molar-refractivity contribution in [1.29, 1.82) is 5.26 Å². The Kier molecular flexibility index (Phi) is 11.9. The van der Waals surface area contributed by atoms with Gasteiger partial charge in [-0.3, -0.25) is 29.4 Å². The largest absolute Gasteiger partial charge is 0.492 e. The molecule has 1 aromatic carbocycles. The topological polar surface area (TPSA) is 179 Å². The molecule has 3 aromatic rings. The zero-order valence-corrected chi connectivity index (χ0v) is 32.3. The molecule has 0 unspecified atom stereocenters. The van der Waals surface area contributed by atoms with Crippen LogP contribution in [0.25, 0.3) is 0 Å². The summed E-state index contributed by atoms with van der Waals surface area (Å²) in [6.45, 7) is 13.2. The number of hydrogen-bond acceptors (Lipinski definition) is 11. The van der Waals surface area contributed by atoms with Gasteiger partial charge in [-0.05, 0) is 62.2 Å². The molecule has 4 heterocycles. The number of piperazine rings is 1. The number of hydrogen-bond donors (Lipinski definition) is 3. The first kappa shape index (κ1) is 39.4. The van der Waals surface area contributed by atoms with E-state index in [2.05, 4.69) is 69.5 Å². The highest BCUT2D eigenvalue weighted by atomic mass is 35.5. The molecular weight excluding hydrogens is 724 g/mol. The summed E-state index contributed by atoms with van der Waals surface area (Å²) in [6, 6.07) is 13.2. The van der Waals surface area contributed by atoms with Crippen LogP contribution in [-0.4, -0.2) is 96.0 Å². The summed E-state index contributed by atoms with van der Waals surface area (Å²) < 4.78 is 12.2. The fourth-order valence-corrected chi connectivity index (χ4v) is 8.22. The van der Waals surface area contributed by atoms with Crippen LogP contribution in [0, 0.1) is 22.2 Å². The molecule has 3 fully saturated rings. The van der Waals surface area contributed by atoms with Crippen LogP contribution in [0.3, 0.4) is 0 Å². The van der Waals surface area contributed by atoms with Gasteiger partial charge in [0.2, 0.25) is 11.8 Å². The summed E-state index contributed by atoms with van der Waals surface area (Å²) in [4.78, 5) is 62.5. The molecule has 55 heavy (non-hydrogen) atoms. The zero-order chi connectivity index (χ0) is 39.3.